The molecule has 2 aromatic heterocycles. The zero-order chi connectivity index (χ0) is 20.2. The van der Waals surface area contributed by atoms with Crippen molar-refractivity contribution >= 4 is 23.4 Å². The quantitative estimate of drug-likeness (QED) is 0.489. The van der Waals surface area contributed by atoms with Crippen molar-refractivity contribution in [1.82, 2.24) is 24.9 Å². The van der Waals surface area contributed by atoms with Crippen LogP contribution in [0.2, 0.25) is 0 Å². The highest BCUT2D eigenvalue weighted by Gasteiger charge is 2.19. The molecule has 2 heterocycles. The average molecular weight is 406 g/mol. The van der Waals surface area contributed by atoms with Crippen molar-refractivity contribution in [2.45, 2.75) is 12.1 Å². The Morgan fingerprint density at radius 3 is 2.76 bits per heavy atom. The molecule has 2 aromatic carbocycles. The van der Waals surface area contributed by atoms with Gasteiger partial charge in [-0.15, -0.1) is 10.2 Å². The Kier molecular flexibility index (Phi) is 5.39. The number of hydrogen-bond donors (Lipinski definition) is 1. The minimum atomic E-state index is -0.116. The van der Waals surface area contributed by atoms with Gasteiger partial charge in [-0.1, -0.05) is 59.4 Å². The van der Waals surface area contributed by atoms with Crippen molar-refractivity contribution in [1.29, 1.82) is 0 Å². The first-order chi connectivity index (χ1) is 14.1. The summed E-state index contributed by atoms with van der Waals surface area (Å²) in [4.78, 5) is 16.6. The highest BCUT2D eigenvalue weighted by Crippen LogP contribution is 2.24. The zero-order valence-corrected chi connectivity index (χ0v) is 16.7. The maximum Gasteiger partial charge on any atom is 0.296 e. The van der Waals surface area contributed by atoms with Crippen LogP contribution in [0.25, 0.3) is 23.1 Å². The van der Waals surface area contributed by atoms with E-state index in [1.807, 2.05) is 61.5 Å². The molecular formula is C20H18N6O2S. The van der Waals surface area contributed by atoms with Crippen LogP contribution in [0.3, 0.4) is 0 Å². The van der Waals surface area contributed by atoms with E-state index in [1.165, 1.54) is 11.8 Å². The van der Waals surface area contributed by atoms with Crippen LogP contribution in [0, 0.1) is 6.92 Å². The number of carbonyl (C=O) groups is 1. The first-order valence-electron chi connectivity index (χ1n) is 8.88. The van der Waals surface area contributed by atoms with Crippen LogP contribution in [0.5, 0.6) is 0 Å². The second kappa shape index (κ2) is 8.27. The first kappa shape index (κ1) is 18.9. The predicted molar refractivity (Wildman–Crippen MR) is 110 cm³/mol. The SMILES string of the molecule is Cc1cccc(NC(=O)CSc2nnc(-c3nc(-c4ccccc4)no3)n2C)c1. The minimum absolute atomic E-state index is 0.116. The molecule has 146 valence electrons. The molecule has 0 atom stereocenters. The van der Waals surface area contributed by atoms with Crippen molar-refractivity contribution in [3.8, 4) is 23.1 Å². The van der Waals surface area contributed by atoms with Gasteiger partial charge in [0, 0.05) is 18.3 Å². The smallest absolute Gasteiger partial charge is 0.296 e. The molecule has 29 heavy (non-hydrogen) atoms. The van der Waals surface area contributed by atoms with Crippen LogP contribution in [-0.4, -0.2) is 36.6 Å². The lowest BCUT2D eigenvalue weighted by Gasteiger charge is -2.05. The van der Waals surface area contributed by atoms with Crippen molar-refractivity contribution in [3.63, 3.8) is 0 Å². The summed E-state index contributed by atoms with van der Waals surface area (Å²) in [5, 5.41) is 15.7. The fraction of sp³-hybridized carbons (Fsp3) is 0.150. The number of aromatic nitrogens is 5. The van der Waals surface area contributed by atoms with Gasteiger partial charge >= 0.3 is 0 Å². The second-order valence-electron chi connectivity index (χ2n) is 6.36. The number of rotatable bonds is 6. The van der Waals surface area contributed by atoms with E-state index in [-0.39, 0.29) is 17.6 Å². The normalized spacial score (nSPS) is 10.8. The van der Waals surface area contributed by atoms with Crippen LogP contribution in [0.4, 0.5) is 5.69 Å². The van der Waals surface area contributed by atoms with E-state index in [2.05, 4.69) is 25.7 Å². The molecule has 1 N–H and O–H groups in total. The van der Waals surface area contributed by atoms with E-state index < -0.39 is 0 Å². The third-order valence-electron chi connectivity index (χ3n) is 4.12. The Morgan fingerprint density at radius 1 is 1.14 bits per heavy atom. The Hall–Kier alpha value is -3.46. The molecule has 0 saturated heterocycles. The van der Waals surface area contributed by atoms with E-state index in [4.69, 9.17) is 4.52 Å². The number of nitrogens with zero attached hydrogens (tertiary/aromatic N) is 5. The van der Waals surface area contributed by atoms with E-state index in [1.54, 1.807) is 11.6 Å². The number of nitrogens with one attached hydrogen (secondary N) is 1. The van der Waals surface area contributed by atoms with Gasteiger partial charge in [0.1, 0.15) is 0 Å². The van der Waals surface area contributed by atoms with Gasteiger partial charge in [0.15, 0.2) is 5.16 Å². The zero-order valence-electron chi connectivity index (χ0n) is 15.9. The van der Waals surface area contributed by atoms with Crippen LogP contribution < -0.4 is 5.32 Å². The van der Waals surface area contributed by atoms with Gasteiger partial charge in [-0.25, -0.2) is 0 Å². The second-order valence-corrected chi connectivity index (χ2v) is 7.30. The average Bonchev–Trinajstić information content (AvgIpc) is 3.34. The van der Waals surface area contributed by atoms with Crippen molar-refractivity contribution in [2.24, 2.45) is 7.05 Å². The molecule has 0 fully saturated rings. The molecule has 0 radical (unpaired) electrons. The number of benzene rings is 2. The largest absolute Gasteiger partial charge is 0.330 e. The summed E-state index contributed by atoms with van der Waals surface area (Å²) >= 11 is 1.28. The molecule has 0 aliphatic rings. The summed E-state index contributed by atoms with van der Waals surface area (Å²) in [6.45, 7) is 1.98. The van der Waals surface area contributed by atoms with Gasteiger partial charge in [-0.2, -0.15) is 4.98 Å². The molecule has 0 saturated carbocycles. The van der Waals surface area contributed by atoms with Gasteiger partial charge in [0.25, 0.3) is 5.89 Å². The molecule has 9 heteroatoms. The monoisotopic (exact) mass is 406 g/mol. The number of amides is 1. The van der Waals surface area contributed by atoms with Crippen LogP contribution >= 0.6 is 11.8 Å². The molecule has 0 spiro atoms. The van der Waals surface area contributed by atoms with E-state index in [0.717, 1.165) is 16.8 Å². The Bertz CT molecular complexity index is 1140. The molecule has 0 aliphatic carbocycles. The number of thioether (sulfide) groups is 1. The maximum absolute atomic E-state index is 12.2. The van der Waals surface area contributed by atoms with Crippen LogP contribution in [0.1, 0.15) is 5.56 Å². The summed E-state index contributed by atoms with van der Waals surface area (Å²) in [7, 11) is 1.79. The van der Waals surface area contributed by atoms with Crippen molar-refractivity contribution in [2.75, 3.05) is 11.1 Å². The van der Waals surface area contributed by atoms with Gasteiger partial charge in [0.05, 0.1) is 5.75 Å². The fourth-order valence-electron chi connectivity index (χ4n) is 2.70. The number of hydrogen-bond acceptors (Lipinski definition) is 7. The Labute approximate surface area is 171 Å². The van der Waals surface area contributed by atoms with Crippen LogP contribution in [0.15, 0.2) is 64.3 Å². The van der Waals surface area contributed by atoms with Crippen LogP contribution in [-0.2, 0) is 11.8 Å². The van der Waals surface area contributed by atoms with Crippen molar-refractivity contribution in [3.05, 3.63) is 60.2 Å². The lowest BCUT2D eigenvalue weighted by atomic mass is 10.2. The molecule has 0 unspecified atom stereocenters. The van der Waals surface area contributed by atoms with E-state index in [0.29, 0.717) is 16.8 Å². The van der Waals surface area contributed by atoms with Crippen molar-refractivity contribution < 1.29 is 9.32 Å². The molecule has 0 bridgehead atoms. The van der Waals surface area contributed by atoms with Gasteiger partial charge in [-0.05, 0) is 24.6 Å². The minimum Gasteiger partial charge on any atom is -0.330 e. The Morgan fingerprint density at radius 2 is 1.97 bits per heavy atom. The molecule has 0 aliphatic heterocycles. The highest BCUT2D eigenvalue weighted by molar-refractivity contribution is 7.99. The predicted octanol–water partition coefficient (Wildman–Crippen LogP) is 3.57. The number of aryl methyl sites for hydroxylation is 1. The molecule has 8 nitrogen and oxygen atoms in total. The van der Waals surface area contributed by atoms with Gasteiger partial charge < -0.3 is 14.4 Å². The molecule has 4 aromatic rings. The fourth-order valence-corrected chi connectivity index (χ4v) is 3.41. The molecule has 4 rings (SSSR count). The third kappa shape index (κ3) is 4.35. The third-order valence-corrected chi connectivity index (χ3v) is 5.14. The summed E-state index contributed by atoms with van der Waals surface area (Å²) in [5.41, 5.74) is 2.71. The lowest BCUT2D eigenvalue weighted by molar-refractivity contribution is -0.113. The summed E-state index contributed by atoms with van der Waals surface area (Å²) in [6.07, 6.45) is 0. The first-order valence-corrected chi connectivity index (χ1v) is 9.87. The summed E-state index contributed by atoms with van der Waals surface area (Å²) < 4.78 is 7.07. The number of anilines is 1. The standard InChI is InChI=1S/C20H18N6O2S/c1-13-7-6-10-15(11-13)21-16(27)12-29-20-24-23-18(26(20)2)19-22-17(25-28-19)14-8-4-3-5-9-14/h3-11H,12H2,1-2H3,(H,21,27). The Balaban J connectivity index is 1.42. The topological polar surface area (TPSA) is 98.7 Å². The van der Waals surface area contributed by atoms with E-state index in [9.17, 15) is 4.79 Å². The maximum atomic E-state index is 12.2. The van der Waals surface area contributed by atoms with Gasteiger partial charge in [-0.3, -0.25) is 4.79 Å². The lowest BCUT2D eigenvalue weighted by Crippen LogP contribution is -2.14. The molecular weight excluding hydrogens is 388 g/mol. The van der Waals surface area contributed by atoms with Gasteiger partial charge in [0.2, 0.25) is 17.6 Å². The van der Waals surface area contributed by atoms with E-state index >= 15 is 0 Å². The summed E-state index contributed by atoms with van der Waals surface area (Å²) in [5.74, 6) is 1.29. The number of carbonyl (C=O) groups excluding carboxylic acids is 1. The highest BCUT2D eigenvalue weighted by atomic mass is 32.2. The summed E-state index contributed by atoms with van der Waals surface area (Å²) in [6, 6.07) is 17.2. The molecule has 1 amide bonds.